The van der Waals surface area contributed by atoms with Crippen LogP contribution in [0.4, 0.5) is 28.4 Å². The van der Waals surface area contributed by atoms with Crippen molar-refractivity contribution in [3.05, 3.63) is 119 Å². The lowest BCUT2D eigenvalue weighted by Crippen LogP contribution is -2.60. The molecular weight excluding hydrogens is 683 g/mol. The minimum absolute atomic E-state index is 0.0199. The van der Waals surface area contributed by atoms with Gasteiger partial charge in [-0.05, 0) is 123 Å². The number of fused-ring (bicyclic) bond motifs is 8. The predicted molar refractivity (Wildman–Crippen MR) is 240 cm³/mol. The molecule has 0 saturated heterocycles. The summed E-state index contributed by atoms with van der Waals surface area (Å²) in [4.78, 5) is 4.99. The highest BCUT2D eigenvalue weighted by Gasteiger charge is 2.50. The summed E-state index contributed by atoms with van der Waals surface area (Å²) < 4.78 is 14.4. The molecule has 3 aliphatic rings. The molecule has 0 fully saturated rings. The molecule has 5 heteroatoms. The van der Waals surface area contributed by atoms with Crippen molar-refractivity contribution in [2.75, 3.05) is 9.80 Å². The molecule has 4 nitrogen and oxygen atoms in total. The molecule has 0 spiro atoms. The van der Waals surface area contributed by atoms with Gasteiger partial charge in [-0.25, -0.2) is 0 Å². The van der Waals surface area contributed by atoms with Crippen LogP contribution in [0.3, 0.4) is 0 Å². The highest BCUT2D eigenvalue weighted by molar-refractivity contribution is 6.99. The zero-order valence-corrected chi connectivity index (χ0v) is 35.7. The van der Waals surface area contributed by atoms with Crippen molar-refractivity contribution < 1.29 is 8.83 Å². The molecule has 0 N–H and O–H groups in total. The number of nitrogens with zero attached hydrogens (tertiary/aromatic N) is 2. The summed E-state index contributed by atoms with van der Waals surface area (Å²) in [6, 6.07) is 27.5. The number of furan rings is 2. The molecule has 286 valence electrons. The highest BCUT2D eigenvalue weighted by atomic mass is 16.3. The van der Waals surface area contributed by atoms with E-state index >= 15 is 0 Å². The molecule has 0 amide bonds. The number of allylic oxidation sites excluding steroid dienone is 3. The number of hydrogen-bond acceptors (Lipinski definition) is 4. The highest BCUT2D eigenvalue weighted by Crippen LogP contribution is 2.49. The van der Waals surface area contributed by atoms with Crippen molar-refractivity contribution in [2.24, 2.45) is 11.3 Å². The lowest BCUT2D eigenvalue weighted by molar-refractivity contribution is 0.293. The average Bonchev–Trinajstić information content (AvgIpc) is 3.68. The van der Waals surface area contributed by atoms with Gasteiger partial charge in [0, 0.05) is 33.5 Å². The second-order valence-corrected chi connectivity index (χ2v) is 20.9. The molecule has 1 aliphatic carbocycles. The smallest absolute Gasteiger partial charge is 0.342 e. The number of rotatable bonds is 2. The van der Waals surface area contributed by atoms with E-state index in [1.54, 1.807) is 0 Å². The fourth-order valence-corrected chi connectivity index (χ4v) is 9.10. The molecular formula is C51H57BN2O2. The summed E-state index contributed by atoms with van der Waals surface area (Å²) >= 11 is 0. The van der Waals surface area contributed by atoms with E-state index in [9.17, 15) is 0 Å². The van der Waals surface area contributed by atoms with Gasteiger partial charge in [-0.3, -0.25) is 0 Å². The van der Waals surface area contributed by atoms with Gasteiger partial charge >= 0.3 is 6.71 Å². The minimum atomic E-state index is -0.238. The van der Waals surface area contributed by atoms with Crippen LogP contribution < -0.4 is 26.6 Å². The Morgan fingerprint density at radius 3 is 1.54 bits per heavy atom. The SMILES string of the molecule is Cc1cc2c3c(c1)N(c1ccc(C(C)(C)C)cc1)c1c(oc4ccc(C(C)(C)C)cc14)B3c1oc3ccc(C(C)(C)C)cc3c1N2C1=CCC(C(C)(C)C)C=C1. The Morgan fingerprint density at radius 1 is 0.589 bits per heavy atom. The van der Waals surface area contributed by atoms with Crippen LogP contribution in [0.2, 0.25) is 0 Å². The van der Waals surface area contributed by atoms with E-state index < -0.39 is 0 Å². The van der Waals surface area contributed by atoms with Gasteiger partial charge in [-0.2, -0.15) is 0 Å². The fraction of sp³-hybridized carbons (Fsp3) is 0.373. The van der Waals surface area contributed by atoms with Gasteiger partial charge in [0.15, 0.2) is 0 Å². The number of aryl methyl sites for hydroxylation is 1. The van der Waals surface area contributed by atoms with E-state index in [1.165, 1.54) is 44.8 Å². The summed E-state index contributed by atoms with van der Waals surface area (Å²) in [5.74, 6) is 0.464. The molecule has 0 bridgehead atoms. The first-order valence-corrected chi connectivity index (χ1v) is 20.6. The van der Waals surface area contributed by atoms with Crippen LogP contribution in [-0.4, -0.2) is 6.71 Å². The quantitative estimate of drug-likeness (QED) is 0.165. The predicted octanol–water partition coefficient (Wildman–Crippen LogP) is 12.6. The molecule has 0 saturated carbocycles. The molecule has 1 atom stereocenters. The standard InChI is InChI=1S/C51H57BN2O2/c1-30-26-39-43-40(27-30)54(36-22-16-32(17-23-36)49(5,6)7)45-38-29-34(51(11,12)13)19-25-42(38)56-47(45)52(43)46-44(37-28-33(50(8,9)10)18-24-41(37)55-46)53(39)35-20-14-31(15-21-35)48(2,3)4/h14-16,18-29,32H,17H2,1-13H3. The van der Waals surface area contributed by atoms with Crippen LogP contribution >= 0.6 is 0 Å². The molecule has 4 aromatic carbocycles. The Hall–Kier alpha value is -4.90. The Balaban J connectivity index is 1.38. The topological polar surface area (TPSA) is 32.8 Å². The molecule has 6 aromatic rings. The first kappa shape index (κ1) is 36.7. The summed E-state index contributed by atoms with van der Waals surface area (Å²) in [7, 11) is 0. The number of hydrogen-bond donors (Lipinski definition) is 0. The van der Waals surface area contributed by atoms with E-state index in [4.69, 9.17) is 8.83 Å². The minimum Gasteiger partial charge on any atom is -0.468 e. The average molecular weight is 741 g/mol. The van der Waals surface area contributed by atoms with Crippen LogP contribution in [-0.2, 0) is 16.2 Å². The number of anilines is 5. The Bertz CT molecular complexity index is 2620. The first-order chi connectivity index (χ1) is 26.2. The van der Waals surface area contributed by atoms with E-state index in [2.05, 4.69) is 191 Å². The monoisotopic (exact) mass is 740 g/mol. The third kappa shape index (κ3) is 5.71. The Morgan fingerprint density at radius 2 is 1.07 bits per heavy atom. The first-order valence-electron chi connectivity index (χ1n) is 20.6. The molecule has 2 aromatic heterocycles. The van der Waals surface area contributed by atoms with Crippen LogP contribution in [0.25, 0.3) is 21.9 Å². The van der Waals surface area contributed by atoms with Crippen molar-refractivity contribution in [3.8, 4) is 0 Å². The zero-order chi connectivity index (χ0) is 39.9. The summed E-state index contributed by atoms with van der Waals surface area (Å²) in [5.41, 5.74) is 17.0. The summed E-state index contributed by atoms with van der Waals surface area (Å²) in [5, 5.41) is 2.27. The number of benzene rings is 4. The van der Waals surface area contributed by atoms with E-state index in [-0.39, 0.29) is 28.4 Å². The van der Waals surface area contributed by atoms with Crippen LogP contribution in [0.5, 0.6) is 0 Å². The second-order valence-electron chi connectivity index (χ2n) is 20.9. The van der Waals surface area contributed by atoms with Gasteiger partial charge in [-0.1, -0.05) is 120 Å². The second kappa shape index (κ2) is 12.1. The summed E-state index contributed by atoms with van der Waals surface area (Å²) in [6.07, 6.45) is 8.22. The van der Waals surface area contributed by atoms with Crippen LogP contribution in [0, 0.1) is 18.3 Å². The van der Waals surface area contributed by atoms with Gasteiger partial charge in [0.2, 0.25) is 0 Å². The molecule has 2 aliphatic heterocycles. The maximum Gasteiger partial charge on any atom is 0.342 e. The third-order valence-corrected chi connectivity index (χ3v) is 12.6. The van der Waals surface area contributed by atoms with Gasteiger partial charge in [0.25, 0.3) is 0 Å². The maximum absolute atomic E-state index is 7.19. The van der Waals surface area contributed by atoms with Gasteiger partial charge in [0.1, 0.15) is 22.5 Å². The lowest BCUT2D eigenvalue weighted by Gasteiger charge is -2.42. The third-order valence-electron chi connectivity index (χ3n) is 12.6. The normalized spacial score (nSPS) is 17.1. The largest absolute Gasteiger partial charge is 0.468 e. The molecule has 56 heavy (non-hydrogen) atoms. The van der Waals surface area contributed by atoms with E-state index in [0.29, 0.717) is 5.92 Å². The van der Waals surface area contributed by atoms with Gasteiger partial charge in [0.05, 0.1) is 11.4 Å². The molecule has 0 radical (unpaired) electrons. The molecule has 1 unspecified atom stereocenters. The molecule has 4 heterocycles. The maximum atomic E-state index is 7.19. The van der Waals surface area contributed by atoms with Crippen LogP contribution in [0.1, 0.15) is 112 Å². The lowest BCUT2D eigenvalue weighted by atomic mass is 9.37. The summed E-state index contributed by atoms with van der Waals surface area (Å²) in [6.45, 7) is 29.6. The van der Waals surface area contributed by atoms with E-state index in [0.717, 1.165) is 56.7 Å². The molecule has 9 rings (SSSR count). The van der Waals surface area contributed by atoms with Crippen LogP contribution in [0.15, 0.2) is 106 Å². The van der Waals surface area contributed by atoms with Crippen molar-refractivity contribution >= 4 is 73.9 Å². The Labute approximate surface area is 334 Å². The Kier molecular flexibility index (Phi) is 7.91. The van der Waals surface area contributed by atoms with Crippen molar-refractivity contribution in [1.82, 2.24) is 0 Å². The van der Waals surface area contributed by atoms with E-state index in [1.807, 2.05) is 0 Å². The van der Waals surface area contributed by atoms with Crippen molar-refractivity contribution in [3.63, 3.8) is 0 Å². The van der Waals surface area contributed by atoms with Crippen molar-refractivity contribution in [1.29, 1.82) is 0 Å². The fourth-order valence-electron chi connectivity index (χ4n) is 9.10. The van der Waals surface area contributed by atoms with Crippen molar-refractivity contribution in [2.45, 2.75) is 113 Å². The van der Waals surface area contributed by atoms with Gasteiger partial charge in [-0.15, -0.1) is 0 Å². The van der Waals surface area contributed by atoms with Gasteiger partial charge < -0.3 is 18.6 Å². The zero-order valence-electron chi connectivity index (χ0n) is 35.7.